The second kappa shape index (κ2) is 9.95. The Labute approximate surface area is 214 Å². The molecule has 198 valence electrons. The molecule has 0 radical (unpaired) electrons. The van der Waals surface area contributed by atoms with Gasteiger partial charge in [-0.25, -0.2) is 4.79 Å². The molecule has 2 atom stereocenters. The lowest BCUT2D eigenvalue weighted by Crippen LogP contribution is -2.56. The average Bonchev–Trinajstić information content (AvgIpc) is 3.09. The molecule has 2 heterocycles. The molecular formula is C28H42N4O4. The van der Waals surface area contributed by atoms with Gasteiger partial charge >= 0.3 is 6.03 Å². The second-order valence-electron chi connectivity index (χ2n) is 11.8. The highest BCUT2D eigenvalue weighted by Crippen LogP contribution is 2.49. The first-order chi connectivity index (χ1) is 17.2. The molecule has 0 bridgehead atoms. The van der Waals surface area contributed by atoms with Crippen molar-refractivity contribution < 1.29 is 19.8 Å². The van der Waals surface area contributed by atoms with Crippen LogP contribution in [0, 0.1) is 5.92 Å². The van der Waals surface area contributed by atoms with Crippen LogP contribution in [-0.2, 0) is 10.3 Å². The zero-order valence-corrected chi connectivity index (χ0v) is 21.8. The van der Waals surface area contributed by atoms with E-state index >= 15 is 0 Å². The first-order valence-electron chi connectivity index (χ1n) is 13.7. The number of likely N-dealkylation sites (tertiary alicyclic amines) is 1. The van der Waals surface area contributed by atoms with E-state index in [1.807, 2.05) is 0 Å². The van der Waals surface area contributed by atoms with Gasteiger partial charge in [-0.1, -0.05) is 36.8 Å². The molecule has 1 aromatic carbocycles. The molecule has 2 aliphatic carbocycles. The third-order valence-electron chi connectivity index (χ3n) is 9.62. The van der Waals surface area contributed by atoms with Crippen molar-refractivity contribution in [3.63, 3.8) is 0 Å². The number of amides is 3. The van der Waals surface area contributed by atoms with E-state index in [4.69, 9.17) is 0 Å². The molecular weight excluding hydrogens is 456 g/mol. The number of carbonyl (C=O) groups excluding carboxylic acids is 2. The molecule has 8 nitrogen and oxygen atoms in total. The molecule has 0 aromatic heterocycles. The molecule has 2 N–H and O–H groups in total. The van der Waals surface area contributed by atoms with Gasteiger partial charge in [0.15, 0.2) is 0 Å². The van der Waals surface area contributed by atoms with Gasteiger partial charge in [-0.2, -0.15) is 0 Å². The van der Waals surface area contributed by atoms with Crippen LogP contribution in [0.1, 0.15) is 56.9 Å². The smallest absolute Gasteiger partial charge is 0.321 e. The number of benzene rings is 1. The number of carbonyl (C=O) groups is 2. The normalized spacial score (nSPS) is 33.5. The number of β-amino-alcohol motifs (C(OH)–C–C–N with tert-alkyl or cyclic N) is 1. The minimum Gasteiger partial charge on any atom is -0.390 e. The molecule has 4 aliphatic rings. The second-order valence-corrected chi connectivity index (χ2v) is 11.8. The Morgan fingerprint density at radius 2 is 1.72 bits per heavy atom. The standard InChI is InChI=1S/C28H42N4O4/c1-29(2)28(22-9-4-3-5-10-22)14-12-27(13-15-28)20-31(26(36)32(27)17-21-7-6-8-21)19-25(35)30-16-11-23(33)24(34)18-30/h3-5,9-10,21,23-24,33-34H,6-8,11-20H2,1-2H3/t23-,24-,27?,28?/m0/s1. The van der Waals surface area contributed by atoms with Gasteiger partial charge in [0.1, 0.15) is 6.54 Å². The third-order valence-corrected chi connectivity index (χ3v) is 9.62. The Balaban J connectivity index is 1.33. The largest absolute Gasteiger partial charge is 0.390 e. The first kappa shape index (κ1) is 25.5. The van der Waals surface area contributed by atoms with E-state index in [9.17, 15) is 19.8 Å². The van der Waals surface area contributed by atoms with Crippen LogP contribution in [0.25, 0.3) is 0 Å². The molecule has 2 saturated carbocycles. The summed E-state index contributed by atoms with van der Waals surface area (Å²) in [5.41, 5.74) is 1.04. The van der Waals surface area contributed by atoms with Gasteiger partial charge in [-0.05, 0) is 70.5 Å². The summed E-state index contributed by atoms with van der Waals surface area (Å²) in [5.74, 6) is 0.424. The fraction of sp³-hybridized carbons (Fsp3) is 0.714. The quantitative estimate of drug-likeness (QED) is 0.628. The molecule has 1 spiro atoms. The molecule has 8 heteroatoms. The molecule has 0 unspecified atom stereocenters. The van der Waals surface area contributed by atoms with Crippen LogP contribution in [0.4, 0.5) is 4.79 Å². The van der Waals surface area contributed by atoms with Crippen LogP contribution in [0.2, 0.25) is 0 Å². The summed E-state index contributed by atoms with van der Waals surface area (Å²) in [4.78, 5) is 34.7. The van der Waals surface area contributed by atoms with Crippen molar-refractivity contribution in [2.45, 2.75) is 74.7 Å². The van der Waals surface area contributed by atoms with Crippen LogP contribution >= 0.6 is 0 Å². The summed E-state index contributed by atoms with van der Waals surface area (Å²) in [6.07, 6.45) is 6.02. The summed E-state index contributed by atoms with van der Waals surface area (Å²) < 4.78 is 0. The Morgan fingerprint density at radius 3 is 2.31 bits per heavy atom. The van der Waals surface area contributed by atoms with E-state index in [2.05, 4.69) is 54.2 Å². The fourth-order valence-corrected chi connectivity index (χ4v) is 6.92. The van der Waals surface area contributed by atoms with Gasteiger partial charge in [-0.3, -0.25) is 9.69 Å². The van der Waals surface area contributed by atoms with E-state index < -0.39 is 12.2 Å². The number of piperidine rings is 1. The fourth-order valence-electron chi connectivity index (χ4n) is 6.92. The maximum absolute atomic E-state index is 13.7. The average molecular weight is 499 g/mol. The Hall–Kier alpha value is -2.16. The molecule has 4 fully saturated rings. The molecule has 3 amide bonds. The van der Waals surface area contributed by atoms with E-state index in [0.29, 0.717) is 25.4 Å². The van der Waals surface area contributed by atoms with Gasteiger partial charge in [0.05, 0.1) is 17.7 Å². The van der Waals surface area contributed by atoms with Gasteiger partial charge in [-0.15, -0.1) is 0 Å². The predicted octanol–water partition coefficient (Wildman–Crippen LogP) is 2.25. The number of aliphatic hydroxyl groups excluding tert-OH is 2. The highest BCUT2D eigenvalue weighted by Gasteiger charge is 2.55. The van der Waals surface area contributed by atoms with Crippen LogP contribution in [0.3, 0.4) is 0 Å². The molecule has 5 rings (SSSR count). The van der Waals surface area contributed by atoms with Crippen LogP contribution in [-0.4, -0.2) is 106 Å². The van der Waals surface area contributed by atoms with Crippen LogP contribution in [0.5, 0.6) is 0 Å². The Bertz CT molecular complexity index is 942. The van der Waals surface area contributed by atoms with Crippen molar-refractivity contribution in [2.24, 2.45) is 5.92 Å². The lowest BCUT2D eigenvalue weighted by Gasteiger charge is -2.51. The minimum atomic E-state index is -0.922. The van der Waals surface area contributed by atoms with Gasteiger partial charge in [0.25, 0.3) is 0 Å². The topological polar surface area (TPSA) is 87.6 Å². The summed E-state index contributed by atoms with van der Waals surface area (Å²) in [6.45, 7) is 1.96. The van der Waals surface area contributed by atoms with E-state index in [1.165, 1.54) is 24.8 Å². The SMILES string of the molecule is CN(C)C1(c2ccccc2)CCC2(CC1)CN(CC(=O)N1CC[C@H](O)[C@@H](O)C1)C(=O)N2CC1CCC1. The Morgan fingerprint density at radius 1 is 1.03 bits per heavy atom. The summed E-state index contributed by atoms with van der Waals surface area (Å²) in [5, 5.41) is 19.9. The van der Waals surface area contributed by atoms with Crippen molar-refractivity contribution in [1.29, 1.82) is 0 Å². The molecule has 1 aromatic rings. The molecule has 2 aliphatic heterocycles. The van der Waals surface area contributed by atoms with E-state index in [-0.39, 0.29) is 36.1 Å². The minimum absolute atomic E-state index is 0.00935. The van der Waals surface area contributed by atoms with Gasteiger partial charge < -0.3 is 24.9 Å². The lowest BCUT2D eigenvalue weighted by atomic mass is 9.68. The zero-order valence-electron chi connectivity index (χ0n) is 21.8. The monoisotopic (exact) mass is 498 g/mol. The number of aliphatic hydroxyl groups is 2. The van der Waals surface area contributed by atoms with Gasteiger partial charge in [0.2, 0.25) is 5.91 Å². The van der Waals surface area contributed by atoms with Gasteiger partial charge in [0, 0.05) is 31.7 Å². The van der Waals surface area contributed by atoms with Crippen molar-refractivity contribution in [1.82, 2.24) is 19.6 Å². The van der Waals surface area contributed by atoms with Crippen molar-refractivity contribution in [2.75, 3.05) is 46.8 Å². The summed E-state index contributed by atoms with van der Waals surface area (Å²) >= 11 is 0. The maximum Gasteiger partial charge on any atom is 0.321 e. The number of hydrogen-bond acceptors (Lipinski definition) is 5. The molecule has 2 saturated heterocycles. The van der Waals surface area contributed by atoms with Crippen molar-refractivity contribution >= 4 is 11.9 Å². The number of rotatable bonds is 6. The summed E-state index contributed by atoms with van der Waals surface area (Å²) in [6, 6.07) is 10.7. The van der Waals surface area contributed by atoms with Crippen LogP contribution in [0.15, 0.2) is 30.3 Å². The van der Waals surface area contributed by atoms with E-state index in [0.717, 1.165) is 32.2 Å². The number of hydrogen-bond donors (Lipinski definition) is 2. The Kier molecular flexibility index (Phi) is 7.05. The third kappa shape index (κ3) is 4.52. The number of urea groups is 1. The summed E-state index contributed by atoms with van der Waals surface area (Å²) in [7, 11) is 4.32. The van der Waals surface area contributed by atoms with Crippen LogP contribution < -0.4 is 0 Å². The highest BCUT2D eigenvalue weighted by molar-refractivity contribution is 5.86. The van der Waals surface area contributed by atoms with E-state index in [1.54, 1.807) is 9.80 Å². The maximum atomic E-state index is 13.7. The number of nitrogens with zero attached hydrogens (tertiary/aromatic N) is 4. The predicted molar refractivity (Wildman–Crippen MR) is 137 cm³/mol. The molecule has 36 heavy (non-hydrogen) atoms. The van der Waals surface area contributed by atoms with Crippen molar-refractivity contribution in [3.8, 4) is 0 Å². The highest BCUT2D eigenvalue weighted by atomic mass is 16.3. The first-order valence-corrected chi connectivity index (χ1v) is 13.7. The zero-order chi connectivity index (χ0) is 25.5. The lowest BCUT2D eigenvalue weighted by molar-refractivity contribution is -0.138. The van der Waals surface area contributed by atoms with Crippen molar-refractivity contribution in [3.05, 3.63) is 35.9 Å².